The molecule has 7 nitrogen and oxygen atoms in total. The summed E-state index contributed by atoms with van der Waals surface area (Å²) in [6.07, 6.45) is 0. The van der Waals surface area contributed by atoms with Crippen LogP contribution in [0.25, 0.3) is 0 Å². The van der Waals surface area contributed by atoms with Crippen LogP contribution in [0.3, 0.4) is 0 Å². The Morgan fingerprint density at radius 2 is 2.30 bits per heavy atom. The number of pyridine rings is 1. The smallest absolute Gasteiger partial charge is 0.311 e. The summed E-state index contributed by atoms with van der Waals surface area (Å²) in [6, 6.07) is 3.25. The Morgan fingerprint density at radius 1 is 1.50 bits per heavy atom. The summed E-state index contributed by atoms with van der Waals surface area (Å²) < 4.78 is 5.11. The van der Waals surface area contributed by atoms with Crippen LogP contribution in [-0.4, -0.2) is 42.7 Å². The van der Waals surface area contributed by atoms with Crippen molar-refractivity contribution in [3.8, 4) is 5.88 Å². The predicted molar refractivity (Wildman–Crippen MR) is 74.1 cm³/mol. The highest BCUT2D eigenvalue weighted by Crippen LogP contribution is 2.39. The van der Waals surface area contributed by atoms with E-state index in [1.54, 1.807) is 0 Å². The second-order valence-corrected chi connectivity index (χ2v) is 5.43. The molecule has 0 bridgehead atoms. The minimum Gasteiger partial charge on any atom is -0.481 e. The summed E-state index contributed by atoms with van der Waals surface area (Å²) in [6.45, 7) is 4.87. The third kappa shape index (κ3) is 1.98. The number of methoxy groups -OCH3 is 1. The van der Waals surface area contributed by atoms with Gasteiger partial charge in [0.1, 0.15) is 0 Å². The molecule has 108 valence electrons. The number of nitrogens with one attached hydrogen (secondary N) is 1. The van der Waals surface area contributed by atoms with Crippen molar-refractivity contribution in [3.63, 3.8) is 0 Å². The van der Waals surface area contributed by atoms with Gasteiger partial charge in [-0.2, -0.15) is 4.98 Å². The number of nitro groups is 1. The minimum absolute atomic E-state index is 0.0468. The largest absolute Gasteiger partial charge is 0.481 e. The molecule has 1 N–H and O–H groups in total. The molecular weight excluding hydrogens is 260 g/mol. The number of anilines is 1. The molecule has 0 aliphatic carbocycles. The van der Waals surface area contributed by atoms with Gasteiger partial charge in [-0.15, -0.1) is 0 Å². The Balaban J connectivity index is 1.98. The van der Waals surface area contributed by atoms with Crippen LogP contribution in [-0.2, 0) is 0 Å². The van der Waals surface area contributed by atoms with Crippen LogP contribution in [0.2, 0.25) is 0 Å². The minimum atomic E-state index is -0.374. The van der Waals surface area contributed by atoms with Crippen molar-refractivity contribution in [2.45, 2.75) is 13.0 Å². The maximum Gasteiger partial charge on any atom is 0.311 e. The van der Waals surface area contributed by atoms with E-state index in [9.17, 15) is 10.1 Å². The molecule has 0 amide bonds. The van der Waals surface area contributed by atoms with E-state index in [-0.39, 0.29) is 16.7 Å². The number of aromatic nitrogens is 1. The van der Waals surface area contributed by atoms with Crippen LogP contribution in [0.15, 0.2) is 12.1 Å². The summed E-state index contributed by atoms with van der Waals surface area (Å²) in [5, 5.41) is 14.6. The summed E-state index contributed by atoms with van der Waals surface area (Å²) in [5.41, 5.74) is 0.0468. The molecule has 2 aliphatic rings. The maximum atomic E-state index is 11.2. The molecular formula is C13H18N4O3. The summed E-state index contributed by atoms with van der Waals surface area (Å²) in [5.74, 6) is 1.91. The highest BCUT2D eigenvalue weighted by molar-refractivity contribution is 5.60. The average Bonchev–Trinajstić information content (AvgIpc) is 3.01. The van der Waals surface area contributed by atoms with Crippen molar-refractivity contribution in [3.05, 3.63) is 22.2 Å². The predicted octanol–water partition coefficient (Wildman–Crippen LogP) is 1.04. The van der Waals surface area contributed by atoms with Crippen LogP contribution in [0, 0.1) is 22.0 Å². The lowest BCUT2D eigenvalue weighted by atomic mass is 9.95. The van der Waals surface area contributed by atoms with Gasteiger partial charge in [-0.1, -0.05) is 0 Å². The first kappa shape index (κ1) is 13.1. The van der Waals surface area contributed by atoms with Crippen molar-refractivity contribution >= 4 is 11.5 Å². The number of fused-ring (bicyclic) bond motifs is 1. The van der Waals surface area contributed by atoms with E-state index >= 15 is 0 Å². The fourth-order valence-electron chi connectivity index (χ4n) is 3.34. The van der Waals surface area contributed by atoms with E-state index in [0.717, 1.165) is 19.6 Å². The second kappa shape index (κ2) is 4.90. The molecule has 3 heterocycles. The number of hydrogen-bond donors (Lipinski definition) is 1. The van der Waals surface area contributed by atoms with Crippen LogP contribution >= 0.6 is 0 Å². The van der Waals surface area contributed by atoms with Gasteiger partial charge >= 0.3 is 5.69 Å². The Hall–Kier alpha value is -1.89. The van der Waals surface area contributed by atoms with Gasteiger partial charge in [0.15, 0.2) is 0 Å². The van der Waals surface area contributed by atoms with E-state index < -0.39 is 0 Å². The zero-order chi connectivity index (χ0) is 14.3. The van der Waals surface area contributed by atoms with Gasteiger partial charge in [-0.25, -0.2) is 0 Å². The molecule has 2 aliphatic heterocycles. The number of ether oxygens (including phenoxy) is 1. The van der Waals surface area contributed by atoms with E-state index in [1.807, 2.05) is 0 Å². The second-order valence-electron chi connectivity index (χ2n) is 5.43. The van der Waals surface area contributed by atoms with E-state index in [1.165, 1.54) is 19.2 Å². The molecule has 7 heteroatoms. The highest BCUT2D eigenvalue weighted by Gasteiger charge is 2.44. The monoisotopic (exact) mass is 278 g/mol. The molecule has 0 aromatic carbocycles. The summed E-state index contributed by atoms with van der Waals surface area (Å²) in [4.78, 5) is 17.2. The lowest BCUT2D eigenvalue weighted by Gasteiger charge is -2.25. The van der Waals surface area contributed by atoms with Gasteiger partial charge in [0.2, 0.25) is 11.7 Å². The molecule has 3 unspecified atom stereocenters. The first-order chi connectivity index (χ1) is 9.61. The fourth-order valence-corrected chi connectivity index (χ4v) is 3.34. The number of hydrogen-bond acceptors (Lipinski definition) is 6. The third-order valence-electron chi connectivity index (χ3n) is 4.44. The number of rotatable bonds is 3. The van der Waals surface area contributed by atoms with E-state index in [0.29, 0.717) is 23.5 Å². The van der Waals surface area contributed by atoms with Crippen LogP contribution in [0.5, 0.6) is 5.88 Å². The van der Waals surface area contributed by atoms with Crippen molar-refractivity contribution in [1.29, 1.82) is 0 Å². The Kier molecular flexibility index (Phi) is 3.21. The fraction of sp³-hybridized carbons (Fsp3) is 0.615. The third-order valence-corrected chi connectivity index (χ3v) is 4.44. The molecule has 2 fully saturated rings. The molecule has 1 aromatic heterocycles. The van der Waals surface area contributed by atoms with E-state index in [4.69, 9.17) is 4.74 Å². The van der Waals surface area contributed by atoms with Gasteiger partial charge < -0.3 is 15.0 Å². The van der Waals surface area contributed by atoms with Crippen LogP contribution < -0.4 is 15.0 Å². The molecule has 0 radical (unpaired) electrons. The SMILES string of the molecule is COc1ccc([N+](=O)[O-])c(N2CC3CNCC3C2C)n1. The highest BCUT2D eigenvalue weighted by atomic mass is 16.6. The lowest BCUT2D eigenvalue weighted by Crippen LogP contribution is -2.34. The first-order valence-electron chi connectivity index (χ1n) is 6.78. The van der Waals surface area contributed by atoms with Gasteiger partial charge in [0.05, 0.1) is 12.0 Å². The Bertz CT molecular complexity index is 536. The standard InChI is InChI=1S/C13H18N4O3/c1-8-10-6-14-5-9(10)7-16(8)13-11(17(18)19)3-4-12(15-13)20-2/h3-4,8-10,14H,5-7H2,1-2H3. The maximum absolute atomic E-state index is 11.2. The van der Waals surface area contributed by atoms with Crippen LogP contribution in [0.4, 0.5) is 11.5 Å². The van der Waals surface area contributed by atoms with Gasteiger partial charge in [0, 0.05) is 37.8 Å². The Morgan fingerprint density at radius 3 is 2.95 bits per heavy atom. The summed E-state index contributed by atoms with van der Waals surface area (Å²) >= 11 is 0. The average molecular weight is 278 g/mol. The zero-order valence-corrected chi connectivity index (χ0v) is 11.6. The van der Waals surface area contributed by atoms with Crippen LogP contribution in [0.1, 0.15) is 6.92 Å². The van der Waals surface area contributed by atoms with Crippen molar-refractivity contribution in [2.75, 3.05) is 31.6 Å². The van der Waals surface area contributed by atoms with Gasteiger partial charge in [-0.3, -0.25) is 10.1 Å². The molecule has 2 saturated heterocycles. The molecule has 3 rings (SSSR count). The Labute approximate surface area is 117 Å². The molecule has 0 spiro atoms. The summed E-state index contributed by atoms with van der Waals surface area (Å²) in [7, 11) is 1.52. The molecule has 20 heavy (non-hydrogen) atoms. The molecule has 3 atom stereocenters. The first-order valence-corrected chi connectivity index (χ1v) is 6.78. The van der Waals surface area contributed by atoms with Crippen molar-refractivity contribution < 1.29 is 9.66 Å². The topological polar surface area (TPSA) is 80.5 Å². The number of nitrogens with zero attached hydrogens (tertiary/aromatic N) is 3. The quantitative estimate of drug-likeness (QED) is 0.657. The zero-order valence-electron chi connectivity index (χ0n) is 11.6. The van der Waals surface area contributed by atoms with E-state index in [2.05, 4.69) is 22.1 Å². The van der Waals surface area contributed by atoms with Gasteiger partial charge in [-0.05, 0) is 18.8 Å². The molecule has 0 saturated carbocycles. The van der Waals surface area contributed by atoms with Gasteiger partial charge in [0.25, 0.3) is 0 Å². The van der Waals surface area contributed by atoms with Crippen molar-refractivity contribution in [1.82, 2.24) is 10.3 Å². The van der Waals surface area contributed by atoms with Crippen molar-refractivity contribution in [2.24, 2.45) is 11.8 Å². The normalized spacial score (nSPS) is 28.5. The molecule has 1 aromatic rings. The lowest BCUT2D eigenvalue weighted by molar-refractivity contribution is -0.384.